The second-order valence-corrected chi connectivity index (χ2v) is 9.16. The SMILES string of the molecule is CN1CCCC(C(=O)c2cnn3ccc(-c4c[nH]c5ncc(-c6cccnc6)cc45)cc23)CC1. The highest BCUT2D eigenvalue weighted by atomic mass is 16.1. The van der Waals surface area contributed by atoms with Crippen molar-refractivity contribution in [2.75, 3.05) is 20.1 Å². The lowest BCUT2D eigenvalue weighted by Gasteiger charge is -2.13. The van der Waals surface area contributed by atoms with E-state index in [1.807, 2.05) is 43.0 Å². The largest absolute Gasteiger partial charge is 0.346 e. The van der Waals surface area contributed by atoms with Crippen LogP contribution in [0.5, 0.6) is 0 Å². The fraction of sp³-hybridized carbons (Fsp3) is 0.259. The Morgan fingerprint density at radius 1 is 1.06 bits per heavy atom. The summed E-state index contributed by atoms with van der Waals surface area (Å²) < 4.78 is 1.80. The first-order valence-electron chi connectivity index (χ1n) is 11.8. The van der Waals surface area contributed by atoms with E-state index in [0.717, 1.165) is 71.2 Å². The van der Waals surface area contributed by atoms with Crippen molar-refractivity contribution in [2.24, 2.45) is 5.92 Å². The van der Waals surface area contributed by atoms with Gasteiger partial charge >= 0.3 is 0 Å². The molecule has 1 fully saturated rings. The van der Waals surface area contributed by atoms with Gasteiger partial charge in [0.2, 0.25) is 0 Å². The molecule has 6 rings (SSSR count). The summed E-state index contributed by atoms with van der Waals surface area (Å²) in [6.45, 7) is 2.01. The average Bonchev–Trinajstić information content (AvgIpc) is 3.43. The molecule has 0 amide bonds. The minimum absolute atomic E-state index is 0.0564. The first-order valence-corrected chi connectivity index (χ1v) is 11.8. The van der Waals surface area contributed by atoms with Gasteiger partial charge in [0.25, 0.3) is 0 Å². The number of rotatable bonds is 4. The zero-order valence-corrected chi connectivity index (χ0v) is 19.1. The van der Waals surface area contributed by atoms with Crippen molar-refractivity contribution in [3.05, 3.63) is 73.1 Å². The third-order valence-electron chi connectivity index (χ3n) is 6.95. The lowest BCUT2D eigenvalue weighted by atomic mass is 9.91. The van der Waals surface area contributed by atoms with E-state index in [0.29, 0.717) is 5.56 Å². The summed E-state index contributed by atoms with van der Waals surface area (Å²) in [5.74, 6) is 0.267. The lowest BCUT2D eigenvalue weighted by Crippen LogP contribution is -2.20. The predicted octanol–water partition coefficient (Wildman–Crippen LogP) is 4.85. The van der Waals surface area contributed by atoms with E-state index in [4.69, 9.17) is 0 Å². The molecule has 0 spiro atoms. The number of carbonyl (C=O) groups is 1. The summed E-state index contributed by atoms with van der Waals surface area (Å²) in [6.07, 6.45) is 14.0. The van der Waals surface area contributed by atoms with Gasteiger partial charge in [0, 0.05) is 59.0 Å². The molecule has 1 unspecified atom stereocenters. The fourth-order valence-electron chi connectivity index (χ4n) is 4.99. The number of aromatic amines is 1. The molecule has 0 aromatic carbocycles. The van der Waals surface area contributed by atoms with E-state index in [9.17, 15) is 4.79 Å². The van der Waals surface area contributed by atoms with Crippen molar-refractivity contribution >= 4 is 22.3 Å². The van der Waals surface area contributed by atoms with Gasteiger partial charge in [0.05, 0.1) is 17.3 Å². The molecule has 7 nitrogen and oxygen atoms in total. The zero-order chi connectivity index (χ0) is 23.1. The van der Waals surface area contributed by atoms with Crippen molar-refractivity contribution in [2.45, 2.75) is 19.3 Å². The quantitative estimate of drug-likeness (QED) is 0.396. The van der Waals surface area contributed by atoms with Crippen LogP contribution < -0.4 is 0 Å². The topological polar surface area (TPSA) is 79.2 Å². The molecule has 0 bridgehead atoms. The van der Waals surface area contributed by atoms with Crippen LogP contribution in [0, 0.1) is 5.92 Å². The summed E-state index contributed by atoms with van der Waals surface area (Å²) in [5.41, 5.74) is 6.51. The Hall–Kier alpha value is -3.84. The van der Waals surface area contributed by atoms with Gasteiger partial charge in [0.15, 0.2) is 5.78 Å². The second kappa shape index (κ2) is 8.50. The Balaban J connectivity index is 1.39. The zero-order valence-electron chi connectivity index (χ0n) is 19.1. The van der Waals surface area contributed by atoms with Gasteiger partial charge in [-0.25, -0.2) is 9.50 Å². The number of likely N-dealkylation sites (tertiary alicyclic amines) is 1. The highest BCUT2D eigenvalue weighted by molar-refractivity contribution is 6.04. The number of aromatic nitrogens is 5. The van der Waals surface area contributed by atoms with Gasteiger partial charge in [0.1, 0.15) is 5.65 Å². The molecule has 5 aromatic heterocycles. The summed E-state index contributed by atoms with van der Waals surface area (Å²) >= 11 is 0. The van der Waals surface area contributed by atoms with E-state index >= 15 is 0 Å². The molecule has 1 N–H and O–H groups in total. The third-order valence-corrected chi connectivity index (χ3v) is 6.95. The molecule has 0 radical (unpaired) electrons. The number of pyridine rings is 3. The number of nitrogens with one attached hydrogen (secondary N) is 1. The monoisotopic (exact) mass is 450 g/mol. The summed E-state index contributed by atoms with van der Waals surface area (Å²) in [7, 11) is 2.13. The highest BCUT2D eigenvalue weighted by Gasteiger charge is 2.25. The van der Waals surface area contributed by atoms with Crippen LogP contribution >= 0.6 is 0 Å². The number of carbonyl (C=O) groups excluding carboxylic acids is 1. The Bertz CT molecular complexity index is 1490. The van der Waals surface area contributed by atoms with E-state index in [2.05, 4.69) is 44.1 Å². The fourth-order valence-corrected chi connectivity index (χ4v) is 4.99. The number of H-pyrrole nitrogens is 1. The van der Waals surface area contributed by atoms with Crippen LogP contribution in [-0.2, 0) is 0 Å². The molecule has 170 valence electrons. The van der Waals surface area contributed by atoms with E-state index in [-0.39, 0.29) is 11.7 Å². The standard InChI is InChI=1S/C27H26N6O/c1-32-9-3-5-18(6-10-32)26(34)24-17-31-33-11-7-19(13-25(24)33)23-16-30-27-22(23)12-21(15-29-27)20-4-2-8-28-14-20/h2,4,7-8,11-18H,3,5-6,9-10H2,1H3,(H,29,30). The molecule has 0 saturated carbocycles. The second-order valence-electron chi connectivity index (χ2n) is 9.16. The molecular formula is C27H26N6O. The maximum atomic E-state index is 13.5. The van der Waals surface area contributed by atoms with Crippen LogP contribution in [0.4, 0.5) is 0 Å². The molecule has 7 heteroatoms. The van der Waals surface area contributed by atoms with Crippen molar-refractivity contribution in [3.63, 3.8) is 0 Å². The summed E-state index contributed by atoms with van der Waals surface area (Å²) in [4.78, 5) is 27.9. The van der Waals surface area contributed by atoms with Gasteiger partial charge in [-0.1, -0.05) is 6.07 Å². The highest BCUT2D eigenvalue weighted by Crippen LogP contribution is 2.32. The molecule has 1 aliphatic rings. The van der Waals surface area contributed by atoms with Gasteiger partial charge < -0.3 is 9.88 Å². The molecule has 1 aliphatic heterocycles. The molecule has 1 atom stereocenters. The molecule has 1 saturated heterocycles. The van der Waals surface area contributed by atoms with Gasteiger partial charge in [-0.05, 0) is 69.2 Å². The lowest BCUT2D eigenvalue weighted by molar-refractivity contribution is 0.0910. The van der Waals surface area contributed by atoms with Crippen molar-refractivity contribution in [3.8, 4) is 22.3 Å². The summed E-state index contributed by atoms with van der Waals surface area (Å²) in [5, 5.41) is 5.50. The molecule has 34 heavy (non-hydrogen) atoms. The maximum absolute atomic E-state index is 13.5. The number of nitrogens with zero attached hydrogens (tertiary/aromatic N) is 5. The molecule has 0 aliphatic carbocycles. The average molecular weight is 451 g/mol. The van der Waals surface area contributed by atoms with Gasteiger partial charge in [-0.3, -0.25) is 9.78 Å². The molecule has 6 heterocycles. The van der Waals surface area contributed by atoms with Crippen LogP contribution in [0.2, 0.25) is 0 Å². The molecule has 5 aromatic rings. The minimum atomic E-state index is 0.0564. The van der Waals surface area contributed by atoms with Crippen LogP contribution in [0.1, 0.15) is 29.6 Å². The number of ketones is 1. The first-order chi connectivity index (χ1) is 16.7. The Morgan fingerprint density at radius 2 is 2.00 bits per heavy atom. The smallest absolute Gasteiger partial charge is 0.169 e. The van der Waals surface area contributed by atoms with Crippen LogP contribution in [0.3, 0.4) is 0 Å². The first kappa shape index (κ1) is 20.7. The maximum Gasteiger partial charge on any atom is 0.169 e. The van der Waals surface area contributed by atoms with Gasteiger partial charge in [-0.15, -0.1) is 0 Å². The Morgan fingerprint density at radius 3 is 2.88 bits per heavy atom. The normalized spacial score (nSPS) is 17.3. The number of hydrogen-bond donors (Lipinski definition) is 1. The van der Waals surface area contributed by atoms with Crippen molar-refractivity contribution < 1.29 is 4.79 Å². The van der Waals surface area contributed by atoms with Gasteiger partial charge in [-0.2, -0.15) is 5.10 Å². The van der Waals surface area contributed by atoms with Crippen molar-refractivity contribution in [1.29, 1.82) is 0 Å². The molecular weight excluding hydrogens is 424 g/mol. The van der Waals surface area contributed by atoms with E-state index < -0.39 is 0 Å². The van der Waals surface area contributed by atoms with E-state index in [1.165, 1.54) is 0 Å². The van der Waals surface area contributed by atoms with Crippen LogP contribution in [0.15, 0.2) is 67.5 Å². The van der Waals surface area contributed by atoms with Crippen LogP contribution in [0.25, 0.3) is 38.8 Å². The van der Waals surface area contributed by atoms with Crippen molar-refractivity contribution in [1.82, 2.24) is 29.5 Å². The Labute approximate surface area is 197 Å². The van der Waals surface area contributed by atoms with Crippen LogP contribution in [-0.4, -0.2) is 55.4 Å². The predicted molar refractivity (Wildman–Crippen MR) is 133 cm³/mol. The minimum Gasteiger partial charge on any atom is -0.346 e. The third kappa shape index (κ3) is 3.68. The number of hydrogen-bond acceptors (Lipinski definition) is 5. The summed E-state index contributed by atoms with van der Waals surface area (Å²) in [6, 6.07) is 10.2. The Kier molecular flexibility index (Phi) is 5.19. The number of fused-ring (bicyclic) bond motifs is 2. The number of Topliss-reactive ketones (excluding diaryl/α,β-unsaturated/α-hetero) is 1. The van der Waals surface area contributed by atoms with E-state index in [1.54, 1.807) is 16.9 Å².